The van der Waals surface area contributed by atoms with E-state index in [4.69, 9.17) is 16.3 Å². The predicted molar refractivity (Wildman–Crippen MR) is 115 cm³/mol. The molecule has 8 heteroatoms. The molecule has 3 aromatic rings. The Morgan fingerprint density at radius 1 is 1.20 bits per heavy atom. The zero-order valence-electron chi connectivity index (χ0n) is 16.3. The van der Waals surface area contributed by atoms with E-state index < -0.39 is 6.04 Å². The summed E-state index contributed by atoms with van der Waals surface area (Å²) in [5.74, 6) is 0.171. The maximum atomic E-state index is 13.3. The third-order valence-electron chi connectivity index (χ3n) is 5.62. The molecular formula is C22H21ClN4O3. The average molecular weight is 425 g/mol. The van der Waals surface area contributed by atoms with Crippen molar-refractivity contribution in [1.29, 1.82) is 0 Å². The number of amides is 2. The topological polar surface area (TPSA) is 76.5 Å². The molecule has 2 aliphatic rings. The molecule has 2 aromatic carbocycles. The summed E-state index contributed by atoms with van der Waals surface area (Å²) >= 11 is 6.15. The molecule has 154 valence electrons. The number of carbonyl (C=O) groups is 2. The number of hydrogen-bond donors (Lipinski definition) is 1. The van der Waals surface area contributed by atoms with Gasteiger partial charge in [-0.1, -0.05) is 35.9 Å². The highest BCUT2D eigenvalue weighted by molar-refractivity contribution is 6.33. The summed E-state index contributed by atoms with van der Waals surface area (Å²) in [5.41, 5.74) is 2.17. The summed E-state index contributed by atoms with van der Waals surface area (Å²) in [6.07, 6.45) is 1.91. The predicted octanol–water partition coefficient (Wildman–Crippen LogP) is 3.79. The summed E-state index contributed by atoms with van der Waals surface area (Å²) in [5, 5.41) is 3.27. The molecule has 1 N–H and O–H groups in total. The second-order valence-corrected chi connectivity index (χ2v) is 8.01. The molecule has 0 radical (unpaired) electrons. The lowest BCUT2D eigenvalue weighted by atomic mass is 10.1. The van der Waals surface area contributed by atoms with E-state index in [0.29, 0.717) is 29.8 Å². The number of nitrogens with one attached hydrogen (secondary N) is 1. The van der Waals surface area contributed by atoms with E-state index in [-0.39, 0.29) is 24.3 Å². The van der Waals surface area contributed by atoms with Crippen molar-refractivity contribution < 1.29 is 14.3 Å². The highest BCUT2D eigenvalue weighted by atomic mass is 35.5. The number of para-hydroxylation sites is 3. The average Bonchev–Trinajstić information content (AvgIpc) is 3.44. The minimum absolute atomic E-state index is 0.000561. The van der Waals surface area contributed by atoms with Gasteiger partial charge in [0, 0.05) is 6.61 Å². The summed E-state index contributed by atoms with van der Waals surface area (Å²) in [6.45, 7) is 1.16. The van der Waals surface area contributed by atoms with Gasteiger partial charge in [-0.15, -0.1) is 0 Å². The first-order chi connectivity index (χ1) is 14.6. The molecule has 0 aliphatic carbocycles. The second-order valence-electron chi connectivity index (χ2n) is 7.60. The van der Waals surface area contributed by atoms with Crippen LogP contribution in [0.25, 0.3) is 11.0 Å². The Morgan fingerprint density at radius 3 is 2.80 bits per heavy atom. The Balaban J connectivity index is 1.45. The number of ether oxygens (including phenoxy) is 1. The van der Waals surface area contributed by atoms with Gasteiger partial charge in [0.15, 0.2) is 0 Å². The molecule has 0 unspecified atom stereocenters. The smallest absolute Gasteiger partial charge is 0.253 e. The SMILES string of the molecule is O=C(C[C@H]1C(=O)N(C[C@@H]2CCCO2)c2nc3ccccc3n21)Nc1ccccc1Cl. The van der Waals surface area contributed by atoms with Crippen LogP contribution in [0.4, 0.5) is 11.6 Å². The van der Waals surface area contributed by atoms with Crippen molar-refractivity contribution in [2.75, 3.05) is 23.4 Å². The lowest BCUT2D eigenvalue weighted by molar-refractivity contribution is -0.124. The number of halogens is 1. The Morgan fingerprint density at radius 2 is 2.00 bits per heavy atom. The largest absolute Gasteiger partial charge is 0.376 e. The van der Waals surface area contributed by atoms with Gasteiger partial charge < -0.3 is 10.1 Å². The zero-order valence-corrected chi connectivity index (χ0v) is 17.0. The van der Waals surface area contributed by atoms with E-state index in [1.54, 1.807) is 29.2 Å². The molecule has 0 bridgehead atoms. The van der Waals surface area contributed by atoms with Gasteiger partial charge in [0.1, 0.15) is 6.04 Å². The molecule has 7 nitrogen and oxygen atoms in total. The van der Waals surface area contributed by atoms with Gasteiger partial charge in [0.25, 0.3) is 5.91 Å². The Labute approximate surface area is 178 Å². The van der Waals surface area contributed by atoms with Crippen molar-refractivity contribution in [2.24, 2.45) is 0 Å². The van der Waals surface area contributed by atoms with E-state index in [1.165, 1.54) is 0 Å². The maximum absolute atomic E-state index is 13.3. The minimum Gasteiger partial charge on any atom is -0.376 e. The molecule has 0 spiro atoms. The van der Waals surface area contributed by atoms with Crippen molar-refractivity contribution in [3.8, 4) is 0 Å². The lowest BCUT2D eigenvalue weighted by Crippen LogP contribution is -2.37. The van der Waals surface area contributed by atoms with Gasteiger partial charge in [0.05, 0.1) is 40.8 Å². The Kier molecular flexibility index (Phi) is 4.92. The minimum atomic E-state index is -0.656. The van der Waals surface area contributed by atoms with Gasteiger partial charge >= 0.3 is 0 Å². The number of aromatic nitrogens is 2. The fourth-order valence-corrected chi connectivity index (χ4v) is 4.38. The summed E-state index contributed by atoms with van der Waals surface area (Å²) in [4.78, 5) is 32.5. The van der Waals surface area contributed by atoms with Crippen LogP contribution in [0.15, 0.2) is 48.5 Å². The van der Waals surface area contributed by atoms with Crippen LogP contribution in [-0.2, 0) is 14.3 Å². The number of rotatable bonds is 5. The quantitative estimate of drug-likeness (QED) is 0.676. The number of benzene rings is 2. The zero-order chi connectivity index (χ0) is 20.7. The van der Waals surface area contributed by atoms with E-state index in [2.05, 4.69) is 10.3 Å². The number of carbonyl (C=O) groups excluding carboxylic acids is 2. The van der Waals surface area contributed by atoms with Crippen molar-refractivity contribution in [3.05, 3.63) is 53.6 Å². The van der Waals surface area contributed by atoms with Crippen LogP contribution in [0.2, 0.25) is 5.02 Å². The number of imidazole rings is 1. The standard InChI is InChI=1S/C22H21ClN4O3/c23-15-7-1-2-8-16(15)24-20(28)12-19-21(29)26(13-14-6-5-11-30-14)22-25-17-9-3-4-10-18(17)27(19)22/h1-4,7-10,14,19H,5-6,11-13H2,(H,24,28)/t14-,19-/m0/s1. The third kappa shape index (κ3) is 3.34. The van der Waals surface area contributed by atoms with Crippen LogP contribution < -0.4 is 10.2 Å². The van der Waals surface area contributed by atoms with Gasteiger partial charge in [-0.05, 0) is 37.1 Å². The molecule has 1 saturated heterocycles. The third-order valence-corrected chi connectivity index (χ3v) is 5.95. The maximum Gasteiger partial charge on any atom is 0.253 e. The molecule has 3 heterocycles. The van der Waals surface area contributed by atoms with Crippen molar-refractivity contribution >= 4 is 46.1 Å². The van der Waals surface area contributed by atoms with E-state index >= 15 is 0 Å². The number of nitrogens with zero attached hydrogens (tertiary/aromatic N) is 3. The summed E-state index contributed by atoms with van der Waals surface area (Å²) in [6, 6.07) is 14.0. The van der Waals surface area contributed by atoms with Crippen LogP contribution in [0, 0.1) is 0 Å². The highest BCUT2D eigenvalue weighted by Gasteiger charge is 2.42. The van der Waals surface area contributed by atoms with Crippen LogP contribution >= 0.6 is 11.6 Å². The first kappa shape index (κ1) is 19.1. The number of hydrogen-bond acceptors (Lipinski definition) is 4. The molecule has 1 aromatic heterocycles. The first-order valence-corrected chi connectivity index (χ1v) is 10.4. The van der Waals surface area contributed by atoms with Crippen LogP contribution in [0.3, 0.4) is 0 Å². The van der Waals surface area contributed by atoms with Gasteiger partial charge in [-0.25, -0.2) is 4.98 Å². The molecular weight excluding hydrogens is 404 g/mol. The van der Waals surface area contributed by atoms with Crippen LogP contribution in [0.5, 0.6) is 0 Å². The fraction of sp³-hybridized carbons (Fsp3) is 0.318. The van der Waals surface area contributed by atoms with Gasteiger partial charge in [-0.2, -0.15) is 0 Å². The molecule has 2 amide bonds. The lowest BCUT2D eigenvalue weighted by Gasteiger charge is -2.19. The molecule has 30 heavy (non-hydrogen) atoms. The van der Waals surface area contributed by atoms with Gasteiger partial charge in [0.2, 0.25) is 11.9 Å². The number of anilines is 2. The first-order valence-electron chi connectivity index (χ1n) is 10.1. The number of fused-ring (bicyclic) bond motifs is 3. The van der Waals surface area contributed by atoms with E-state index in [1.807, 2.05) is 28.8 Å². The van der Waals surface area contributed by atoms with Gasteiger partial charge in [-0.3, -0.25) is 19.1 Å². The van der Waals surface area contributed by atoms with Crippen LogP contribution in [0.1, 0.15) is 25.3 Å². The van der Waals surface area contributed by atoms with E-state index in [0.717, 1.165) is 23.9 Å². The molecule has 2 atom stereocenters. The molecule has 1 fully saturated rings. The highest BCUT2D eigenvalue weighted by Crippen LogP contribution is 2.37. The van der Waals surface area contributed by atoms with E-state index in [9.17, 15) is 9.59 Å². The second kappa shape index (κ2) is 7.74. The van der Waals surface area contributed by atoms with Crippen molar-refractivity contribution in [2.45, 2.75) is 31.4 Å². The van der Waals surface area contributed by atoms with Crippen molar-refractivity contribution in [3.63, 3.8) is 0 Å². The Bertz CT molecular complexity index is 1120. The summed E-state index contributed by atoms with van der Waals surface area (Å²) in [7, 11) is 0. The molecule has 0 saturated carbocycles. The van der Waals surface area contributed by atoms with Crippen LogP contribution in [-0.4, -0.2) is 40.6 Å². The Hall–Kier alpha value is -2.90. The monoisotopic (exact) mass is 424 g/mol. The van der Waals surface area contributed by atoms with Crippen molar-refractivity contribution in [1.82, 2.24) is 9.55 Å². The fourth-order valence-electron chi connectivity index (χ4n) is 4.20. The summed E-state index contributed by atoms with van der Waals surface area (Å²) < 4.78 is 7.61. The molecule has 2 aliphatic heterocycles. The normalized spacial score (nSPS) is 20.7. The molecule has 5 rings (SSSR count).